The molecular formula is C8H7BrN2O2. The molecule has 1 aromatic carbocycles. The molecule has 1 heterocycles. The first-order valence-electron chi connectivity index (χ1n) is 3.64. The molecule has 4 nitrogen and oxygen atoms in total. The van der Waals surface area contributed by atoms with Gasteiger partial charge in [0.1, 0.15) is 0 Å². The lowest BCUT2D eigenvalue weighted by atomic mass is 10.3. The van der Waals surface area contributed by atoms with Gasteiger partial charge in [-0.2, -0.15) is 0 Å². The number of hydrogen-bond acceptors (Lipinski definition) is 3. The summed E-state index contributed by atoms with van der Waals surface area (Å²) in [6.07, 6.45) is 0. The third-order valence-electron chi connectivity index (χ3n) is 1.91. The van der Waals surface area contributed by atoms with E-state index in [2.05, 4.69) is 15.9 Å². The molecule has 0 fully saturated rings. The average Bonchev–Trinajstić information content (AvgIpc) is 2.32. The third kappa shape index (κ3) is 1.16. The quantitative estimate of drug-likeness (QED) is 0.713. The number of oxazole rings is 1. The van der Waals surface area contributed by atoms with Crippen LogP contribution in [0.15, 0.2) is 25.8 Å². The number of benzene rings is 1. The van der Waals surface area contributed by atoms with Gasteiger partial charge in [0.15, 0.2) is 5.58 Å². The molecule has 13 heavy (non-hydrogen) atoms. The second-order valence-electron chi connectivity index (χ2n) is 2.77. The van der Waals surface area contributed by atoms with Gasteiger partial charge in [-0.05, 0) is 28.1 Å². The second-order valence-corrected chi connectivity index (χ2v) is 3.62. The first-order chi connectivity index (χ1) is 6.09. The van der Waals surface area contributed by atoms with Crippen LogP contribution in [-0.4, -0.2) is 4.57 Å². The highest BCUT2D eigenvalue weighted by Gasteiger charge is 2.07. The van der Waals surface area contributed by atoms with Crippen molar-refractivity contribution in [3.63, 3.8) is 0 Å². The molecule has 1 aromatic heterocycles. The molecule has 0 saturated carbocycles. The lowest BCUT2D eigenvalue weighted by Gasteiger charge is -1.97. The number of aryl methyl sites for hydroxylation is 1. The minimum atomic E-state index is -0.382. The Balaban J connectivity index is 2.97. The molecule has 0 aliphatic rings. The third-order valence-corrected chi connectivity index (χ3v) is 2.60. The van der Waals surface area contributed by atoms with Gasteiger partial charge in [0.25, 0.3) is 0 Å². The molecule has 0 amide bonds. The van der Waals surface area contributed by atoms with Crippen molar-refractivity contribution in [2.45, 2.75) is 0 Å². The number of aromatic nitrogens is 1. The van der Waals surface area contributed by atoms with Gasteiger partial charge in [-0.15, -0.1) is 0 Å². The maximum Gasteiger partial charge on any atom is 0.419 e. The van der Waals surface area contributed by atoms with Crippen LogP contribution in [0.25, 0.3) is 11.1 Å². The van der Waals surface area contributed by atoms with E-state index in [1.807, 2.05) is 0 Å². The normalized spacial score (nSPS) is 10.9. The summed E-state index contributed by atoms with van der Waals surface area (Å²) >= 11 is 3.25. The summed E-state index contributed by atoms with van der Waals surface area (Å²) in [4.78, 5) is 11.1. The molecule has 5 heteroatoms. The summed E-state index contributed by atoms with van der Waals surface area (Å²) in [6, 6.07) is 3.39. The van der Waals surface area contributed by atoms with Crippen molar-refractivity contribution in [2.75, 3.05) is 5.73 Å². The molecule has 0 bridgehead atoms. The molecule has 0 saturated heterocycles. The van der Waals surface area contributed by atoms with Crippen molar-refractivity contribution in [1.82, 2.24) is 4.57 Å². The van der Waals surface area contributed by atoms with E-state index < -0.39 is 0 Å². The molecule has 0 aliphatic heterocycles. The predicted octanol–water partition coefficient (Wildman–Crippen LogP) is 1.48. The Morgan fingerprint density at radius 2 is 2.23 bits per heavy atom. The Labute approximate surface area is 82.1 Å². The summed E-state index contributed by atoms with van der Waals surface area (Å²) < 4.78 is 7.10. The van der Waals surface area contributed by atoms with Crippen LogP contribution in [0, 0.1) is 0 Å². The fraction of sp³-hybridized carbons (Fsp3) is 0.125. The van der Waals surface area contributed by atoms with Gasteiger partial charge in [0, 0.05) is 17.2 Å². The van der Waals surface area contributed by atoms with E-state index in [9.17, 15) is 4.79 Å². The maximum absolute atomic E-state index is 11.1. The Morgan fingerprint density at radius 3 is 2.92 bits per heavy atom. The molecule has 2 aromatic rings. The minimum absolute atomic E-state index is 0.382. The van der Waals surface area contributed by atoms with Crippen LogP contribution in [0.3, 0.4) is 0 Å². The van der Waals surface area contributed by atoms with Gasteiger partial charge in [-0.25, -0.2) is 4.79 Å². The first kappa shape index (κ1) is 8.37. The number of halogens is 1. The van der Waals surface area contributed by atoms with Gasteiger partial charge >= 0.3 is 5.76 Å². The molecule has 2 N–H and O–H groups in total. The Morgan fingerprint density at radius 1 is 1.54 bits per heavy atom. The average molecular weight is 243 g/mol. The van der Waals surface area contributed by atoms with Crippen molar-refractivity contribution in [3.8, 4) is 0 Å². The van der Waals surface area contributed by atoms with Gasteiger partial charge in [0.2, 0.25) is 0 Å². The zero-order valence-corrected chi connectivity index (χ0v) is 8.46. The fourth-order valence-electron chi connectivity index (χ4n) is 1.16. The van der Waals surface area contributed by atoms with Crippen molar-refractivity contribution in [1.29, 1.82) is 0 Å². The predicted molar refractivity (Wildman–Crippen MR) is 53.6 cm³/mol. The standard InChI is InChI=1S/C8H7BrN2O2/c1-11-6-3-5(10)4(9)2-7(6)13-8(11)12/h2-3H,10H2,1H3. The van der Waals surface area contributed by atoms with E-state index in [0.717, 1.165) is 4.47 Å². The Bertz CT molecular complexity index is 527. The van der Waals surface area contributed by atoms with E-state index in [-0.39, 0.29) is 5.76 Å². The van der Waals surface area contributed by atoms with Crippen LogP contribution in [0.2, 0.25) is 0 Å². The number of fused-ring (bicyclic) bond motifs is 1. The van der Waals surface area contributed by atoms with Crippen molar-refractivity contribution in [2.24, 2.45) is 7.05 Å². The van der Waals surface area contributed by atoms with Crippen LogP contribution in [0.1, 0.15) is 0 Å². The number of nitrogens with two attached hydrogens (primary N) is 1. The smallest absolute Gasteiger partial charge is 0.408 e. The summed E-state index contributed by atoms with van der Waals surface area (Å²) in [6.45, 7) is 0. The second kappa shape index (κ2) is 2.63. The molecule has 0 spiro atoms. The number of nitrogens with zero attached hydrogens (tertiary/aromatic N) is 1. The molecular weight excluding hydrogens is 236 g/mol. The number of rotatable bonds is 0. The van der Waals surface area contributed by atoms with Crippen LogP contribution in [-0.2, 0) is 7.05 Å². The zero-order valence-electron chi connectivity index (χ0n) is 6.87. The SMILES string of the molecule is Cn1c(=O)oc2cc(Br)c(N)cc21. The van der Waals surface area contributed by atoms with E-state index in [1.165, 1.54) is 4.57 Å². The lowest BCUT2D eigenvalue weighted by molar-refractivity contribution is 0.528. The summed E-state index contributed by atoms with van der Waals surface area (Å²) in [7, 11) is 1.64. The summed E-state index contributed by atoms with van der Waals surface area (Å²) in [5, 5.41) is 0. The Hall–Kier alpha value is -1.23. The highest BCUT2D eigenvalue weighted by Crippen LogP contribution is 2.25. The van der Waals surface area contributed by atoms with E-state index in [0.29, 0.717) is 16.8 Å². The fourth-order valence-corrected chi connectivity index (χ4v) is 1.49. The van der Waals surface area contributed by atoms with Gasteiger partial charge < -0.3 is 10.2 Å². The number of anilines is 1. The highest BCUT2D eigenvalue weighted by atomic mass is 79.9. The lowest BCUT2D eigenvalue weighted by Crippen LogP contribution is -2.08. The van der Waals surface area contributed by atoms with Crippen LogP contribution in [0.5, 0.6) is 0 Å². The van der Waals surface area contributed by atoms with E-state index in [4.69, 9.17) is 10.2 Å². The van der Waals surface area contributed by atoms with Crippen LogP contribution < -0.4 is 11.5 Å². The van der Waals surface area contributed by atoms with Crippen molar-refractivity contribution >= 4 is 32.7 Å². The van der Waals surface area contributed by atoms with Gasteiger partial charge in [-0.3, -0.25) is 4.57 Å². The monoisotopic (exact) mass is 242 g/mol. The van der Waals surface area contributed by atoms with Crippen molar-refractivity contribution in [3.05, 3.63) is 27.2 Å². The number of hydrogen-bond donors (Lipinski definition) is 1. The number of nitrogen functional groups attached to an aromatic ring is 1. The molecule has 0 radical (unpaired) electrons. The topological polar surface area (TPSA) is 61.2 Å². The van der Waals surface area contributed by atoms with Crippen molar-refractivity contribution < 1.29 is 4.42 Å². The first-order valence-corrected chi connectivity index (χ1v) is 4.43. The highest BCUT2D eigenvalue weighted by molar-refractivity contribution is 9.10. The molecule has 2 rings (SSSR count). The largest absolute Gasteiger partial charge is 0.419 e. The van der Waals surface area contributed by atoms with E-state index >= 15 is 0 Å². The summed E-state index contributed by atoms with van der Waals surface area (Å²) in [5.74, 6) is -0.382. The molecule has 68 valence electrons. The minimum Gasteiger partial charge on any atom is -0.408 e. The summed E-state index contributed by atoms with van der Waals surface area (Å²) in [5.41, 5.74) is 7.48. The zero-order chi connectivity index (χ0) is 9.59. The van der Waals surface area contributed by atoms with Gasteiger partial charge in [0.05, 0.1) is 5.52 Å². The molecule has 0 atom stereocenters. The maximum atomic E-state index is 11.1. The van der Waals surface area contributed by atoms with E-state index in [1.54, 1.807) is 19.2 Å². The Kier molecular flexibility index (Phi) is 1.69. The van der Waals surface area contributed by atoms with Gasteiger partial charge in [-0.1, -0.05) is 0 Å². The molecule has 0 aliphatic carbocycles. The van der Waals surface area contributed by atoms with Crippen LogP contribution >= 0.6 is 15.9 Å². The molecule has 0 unspecified atom stereocenters. The van der Waals surface area contributed by atoms with Crippen LogP contribution in [0.4, 0.5) is 5.69 Å².